The molecule has 1 unspecified atom stereocenters. The molecule has 2 aromatic rings. The van der Waals surface area contributed by atoms with Crippen molar-refractivity contribution in [2.24, 2.45) is 5.92 Å². The molecule has 1 N–H and O–H groups in total. The van der Waals surface area contributed by atoms with Crippen LogP contribution in [0.2, 0.25) is 0 Å². The normalized spacial score (nSPS) is 19.9. The molecule has 0 radical (unpaired) electrons. The van der Waals surface area contributed by atoms with E-state index in [1.165, 1.54) is 4.70 Å². The molecule has 1 aromatic heterocycles. The monoisotopic (exact) mass is 278 g/mol. The van der Waals surface area contributed by atoms with E-state index in [1.54, 1.807) is 18.4 Å². The molecule has 1 fully saturated rings. The van der Waals surface area contributed by atoms with Gasteiger partial charge in [0.15, 0.2) is 5.13 Å². The summed E-state index contributed by atoms with van der Waals surface area (Å²) in [4.78, 5) is 6.99. The van der Waals surface area contributed by atoms with Gasteiger partial charge in [0.1, 0.15) is 5.75 Å². The van der Waals surface area contributed by atoms with Gasteiger partial charge in [-0.3, -0.25) is 0 Å². The fourth-order valence-electron chi connectivity index (χ4n) is 2.55. The smallest absolute Gasteiger partial charge is 0.186 e. The van der Waals surface area contributed by atoms with E-state index in [-0.39, 0.29) is 6.61 Å². The minimum Gasteiger partial charge on any atom is -0.497 e. The Bertz CT molecular complexity index is 570. The van der Waals surface area contributed by atoms with E-state index in [9.17, 15) is 5.11 Å². The van der Waals surface area contributed by atoms with Crippen LogP contribution in [0.3, 0.4) is 0 Å². The highest BCUT2D eigenvalue weighted by Crippen LogP contribution is 2.33. The zero-order valence-electron chi connectivity index (χ0n) is 11.0. The SMILES string of the molecule is COc1ccc2sc(N3CCCC(CO)C3)nc2c1. The first-order chi connectivity index (χ1) is 9.30. The van der Waals surface area contributed by atoms with E-state index in [0.717, 1.165) is 42.3 Å². The lowest BCUT2D eigenvalue weighted by Gasteiger charge is -2.31. The van der Waals surface area contributed by atoms with Gasteiger partial charge in [0.25, 0.3) is 0 Å². The van der Waals surface area contributed by atoms with Crippen LogP contribution in [0.4, 0.5) is 5.13 Å². The third-order valence-electron chi connectivity index (χ3n) is 3.63. The summed E-state index contributed by atoms with van der Waals surface area (Å²) < 4.78 is 6.41. The van der Waals surface area contributed by atoms with Crippen molar-refractivity contribution in [3.05, 3.63) is 18.2 Å². The average Bonchev–Trinajstić information content (AvgIpc) is 2.90. The summed E-state index contributed by atoms with van der Waals surface area (Å²) in [6.07, 6.45) is 2.25. The van der Waals surface area contributed by atoms with Crippen molar-refractivity contribution < 1.29 is 9.84 Å². The maximum atomic E-state index is 9.30. The molecule has 0 spiro atoms. The van der Waals surface area contributed by atoms with Crippen molar-refractivity contribution in [1.82, 2.24) is 4.98 Å². The number of benzene rings is 1. The molecule has 1 aliphatic heterocycles. The molecule has 1 aromatic carbocycles. The Hall–Kier alpha value is -1.33. The second kappa shape index (κ2) is 5.35. The Morgan fingerprint density at radius 3 is 3.21 bits per heavy atom. The fourth-order valence-corrected chi connectivity index (χ4v) is 3.53. The Balaban J connectivity index is 1.88. The summed E-state index contributed by atoms with van der Waals surface area (Å²) in [6.45, 7) is 2.22. The highest BCUT2D eigenvalue weighted by Gasteiger charge is 2.21. The van der Waals surface area contributed by atoms with Crippen molar-refractivity contribution in [1.29, 1.82) is 0 Å². The second-order valence-electron chi connectivity index (χ2n) is 4.97. The summed E-state index contributed by atoms with van der Waals surface area (Å²) in [6, 6.07) is 6.00. The molecule has 4 nitrogen and oxygen atoms in total. The van der Waals surface area contributed by atoms with E-state index in [4.69, 9.17) is 9.72 Å². The molecule has 102 valence electrons. The van der Waals surface area contributed by atoms with Crippen LogP contribution < -0.4 is 9.64 Å². The summed E-state index contributed by atoms with van der Waals surface area (Å²) in [5.74, 6) is 1.23. The maximum Gasteiger partial charge on any atom is 0.186 e. The van der Waals surface area contributed by atoms with Gasteiger partial charge in [-0.25, -0.2) is 4.98 Å². The van der Waals surface area contributed by atoms with Crippen molar-refractivity contribution in [2.75, 3.05) is 31.7 Å². The molecule has 0 bridgehead atoms. The van der Waals surface area contributed by atoms with Crippen LogP contribution in [0.25, 0.3) is 10.2 Å². The summed E-state index contributed by atoms with van der Waals surface area (Å²) in [7, 11) is 1.67. The van der Waals surface area contributed by atoms with E-state index in [2.05, 4.69) is 11.0 Å². The second-order valence-corrected chi connectivity index (χ2v) is 5.98. The van der Waals surface area contributed by atoms with E-state index in [1.807, 2.05) is 12.1 Å². The molecule has 1 aliphatic rings. The number of anilines is 1. The van der Waals surface area contributed by atoms with Gasteiger partial charge >= 0.3 is 0 Å². The van der Waals surface area contributed by atoms with Gasteiger partial charge in [0, 0.05) is 25.8 Å². The largest absolute Gasteiger partial charge is 0.497 e. The molecular weight excluding hydrogens is 260 g/mol. The summed E-state index contributed by atoms with van der Waals surface area (Å²) in [5, 5.41) is 10.4. The van der Waals surface area contributed by atoms with Gasteiger partial charge in [0.05, 0.1) is 17.3 Å². The van der Waals surface area contributed by atoms with E-state index < -0.39 is 0 Å². The number of piperidine rings is 1. The van der Waals surface area contributed by atoms with Crippen LogP contribution in [0.15, 0.2) is 18.2 Å². The molecule has 0 amide bonds. The molecule has 1 atom stereocenters. The van der Waals surface area contributed by atoms with Crippen molar-refractivity contribution in [3.63, 3.8) is 0 Å². The molecule has 2 heterocycles. The number of methoxy groups -OCH3 is 1. The number of fused-ring (bicyclic) bond motifs is 1. The molecule has 5 heteroatoms. The Morgan fingerprint density at radius 2 is 2.42 bits per heavy atom. The van der Waals surface area contributed by atoms with Crippen molar-refractivity contribution in [2.45, 2.75) is 12.8 Å². The standard InChI is InChI=1S/C14H18N2O2S/c1-18-11-4-5-13-12(7-11)15-14(19-13)16-6-2-3-10(8-16)9-17/h4-5,7,10,17H,2-3,6,8-9H2,1H3. The van der Waals surface area contributed by atoms with Gasteiger partial charge in [-0.15, -0.1) is 0 Å². The van der Waals surface area contributed by atoms with Gasteiger partial charge in [-0.1, -0.05) is 11.3 Å². The number of rotatable bonds is 3. The number of nitrogens with zero attached hydrogens (tertiary/aromatic N) is 2. The highest BCUT2D eigenvalue weighted by molar-refractivity contribution is 7.22. The molecule has 1 saturated heterocycles. The van der Waals surface area contributed by atoms with E-state index in [0.29, 0.717) is 5.92 Å². The summed E-state index contributed by atoms with van der Waals surface area (Å²) in [5.41, 5.74) is 0.991. The van der Waals surface area contributed by atoms with Crippen LogP contribution in [-0.2, 0) is 0 Å². The number of hydrogen-bond acceptors (Lipinski definition) is 5. The highest BCUT2D eigenvalue weighted by atomic mass is 32.1. The van der Waals surface area contributed by atoms with Crippen LogP contribution in [0.5, 0.6) is 5.75 Å². The predicted octanol–water partition coefficient (Wildman–Crippen LogP) is 2.51. The first-order valence-corrected chi connectivity index (χ1v) is 7.42. The van der Waals surface area contributed by atoms with Crippen molar-refractivity contribution in [3.8, 4) is 5.75 Å². The molecule has 19 heavy (non-hydrogen) atoms. The van der Waals surface area contributed by atoms with Crippen LogP contribution in [0.1, 0.15) is 12.8 Å². The lowest BCUT2D eigenvalue weighted by Crippen LogP contribution is -2.36. The van der Waals surface area contributed by atoms with Gasteiger partial charge < -0.3 is 14.7 Å². The van der Waals surface area contributed by atoms with E-state index >= 15 is 0 Å². The third kappa shape index (κ3) is 2.53. The van der Waals surface area contributed by atoms with Crippen LogP contribution in [-0.4, -0.2) is 36.9 Å². The molecule has 0 saturated carbocycles. The zero-order chi connectivity index (χ0) is 13.2. The number of aromatic nitrogens is 1. The lowest BCUT2D eigenvalue weighted by molar-refractivity contribution is 0.208. The number of ether oxygens (including phenoxy) is 1. The number of thiazole rings is 1. The van der Waals surface area contributed by atoms with Crippen LogP contribution >= 0.6 is 11.3 Å². The number of aliphatic hydroxyl groups excluding tert-OH is 1. The van der Waals surface area contributed by atoms with Crippen LogP contribution in [0, 0.1) is 5.92 Å². The topological polar surface area (TPSA) is 45.6 Å². The third-order valence-corrected chi connectivity index (χ3v) is 4.73. The maximum absolute atomic E-state index is 9.30. The average molecular weight is 278 g/mol. The summed E-state index contributed by atoms with van der Waals surface area (Å²) >= 11 is 1.71. The van der Waals surface area contributed by atoms with Crippen molar-refractivity contribution >= 4 is 26.7 Å². The first-order valence-electron chi connectivity index (χ1n) is 6.60. The van der Waals surface area contributed by atoms with Gasteiger partial charge in [-0.05, 0) is 30.9 Å². The number of hydrogen-bond donors (Lipinski definition) is 1. The first kappa shape index (κ1) is 12.7. The number of aliphatic hydroxyl groups is 1. The molecule has 0 aliphatic carbocycles. The Kier molecular flexibility index (Phi) is 3.57. The minimum atomic E-state index is 0.273. The fraction of sp³-hybridized carbons (Fsp3) is 0.500. The molecule has 3 rings (SSSR count). The van der Waals surface area contributed by atoms with Gasteiger partial charge in [0.2, 0.25) is 0 Å². The Labute approximate surface area is 116 Å². The quantitative estimate of drug-likeness (QED) is 0.937. The lowest BCUT2D eigenvalue weighted by atomic mass is 10.00. The predicted molar refractivity (Wildman–Crippen MR) is 78.2 cm³/mol. The molecular formula is C14H18N2O2S. The Morgan fingerprint density at radius 1 is 1.53 bits per heavy atom. The van der Waals surface area contributed by atoms with Gasteiger partial charge in [-0.2, -0.15) is 0 Å². The zero-order valence-corrected chi connectivity index (χ0v) is 11.8. The minimum absolute atomic E-state index is 0.273.